The van der Waals surface area contributed by atoms with Crippen molar-refractivity contribution in [1.82, 2.24) is 4.98 Å². The van der Waals surface area contributed by atoms with E-state index in [1.807, 2.05) is 0 Å². The molecular weight excluding hydrogens is 249 g/mol. The summed E-state index contributed by atoms with van der Waals surface area (Å²) in [5, 5.41) is 3.00. The third-order valence-corrected chi connectivity index (χ3v) is 2.65. The maximum absolute atomic E-state index is 13.4. The minimum absolute atomic E-state index is 0.230. The molecule has 2 aromatic rings. The molecule has 0 fully saturated rings. The maximum atomic E-state index is 13.4. The molecule has 0 saturated heterocycles. The van der Waals surface area contributed by atoms with E-state index in [4.69, 9.17) is 18.0 Å². The van der Waals surface area contributed by atoms with Crippen LogP contribution in [0.1, 0.15) is 11.3 Å². The van der Waals surface area contributed by atoms with Crippen LogP contribution >= 0.6 is 12.2 Å². The van der Waals surface area contributed by atoms with E-state index in [0.717, 1.165) is 0 Å². The summed E-state index contributed by atoms with van der Waals surface area (Å²) >= 11 is 4.85. The zero-order valence-electron chi connectivity index (χ0n) is 9.77. The van der Waals surface area contributed by atoms with Gasteiger partial charge in [0.15, 0.2) is 0 Å². The standard InChI is InChI=1S/C13H12FN3S/c1-8-5-6-9(7-10(8)14)16-12-4-2-3-11(17-12)13(15)18/h2-7H,1H3,(H2,15,18)(H,16,17). The molecule has 0 unspecified atom stereocenters. The van der Waals surface area contributed by atoms with Crippen LogP contribution in [-0.2, 0) is 0 Å². The smallest absolute Gasteiger partial charge is 0.131 e. The Morgan fingerprint density at radius 2 is 2.11 bits per heavy atom. The maximum Gasteiger partial charge on any atom is 0.131 e. The fourth-order valence-electron chi connectivity index (χ4n) is 1.46. The molecule has 0 atom stereocenters. The van der Waals surface area contributed by atoms with E-state index in [2.05, 4.69) is 10.3 Å². The molecule has 0 bridgehead atoms. The Morgan fingerprint density at radius 3 is 2.78 bits per heavy atom. The number of aryl methyl sites for hydroxylation is 1. The highest BCUT2D eigenvalue weighted by Crippen LogP contribution is 2.18. The molecular formula is C13H12FN3S. The molecule has 1 aromatic carbocycles. The number of pyridine rings is 1. The quantitative estimate of drug-likeness (QED) is 0.834. The van der Waals surface area contributed by atoms with Crippen molar-refractivity contribution in [1.29, 1.82) is 0 Å². The number of rotatable bonds is 3. The molecule has 1 aromatic heterocycles. The summed E-state index contributed by atoms with van der Waals surface area (Å²) in [6.45, 7) is 1.71. The van der Waals surface area contributed by atoms with Crippen LogP contribution in [0.15, 0.2) is 36.4 Å². The Bertz CT molecular complexity index is 599. The molecule has 92 valence electrons. The van der Waals surface area contributed by atoms with E-state index in [0.29, 0.717) is 22.8 Å². The molecule has 5 heteroatoms. The first-order valence-electron chi connectivity index (χ1n) is 5.36. The fourth-order valence-corrected chi connectivity index (χ4v) is 1.57. The average Bonchev–Trinajstić information content (AvgIpc) is 2.34. The minimum atomic E-state index is -0.259. The highest BCUT2D eigenvalue weighted by molar-refractivity contribution is 7.80. The van der Waals surface area contributed by atoms with Crippen molar-refractivity contribution in [3.63, 3.8) is 0 Å². The van der Waals surface area contributed by atoms with E-state index in [-0.39, 0.29) is 10.8 Å². The van der Waals surface area contributed by atoms with Gasteiger partial charge in [-0.15, -0.1) is 0 Å². The van der Waals surface area contributed by atoms with Crippen LogP contribution in [0.5, 0.6) is 0 Å². The van der Waals surface area contributed by atoms with E-state index in [1.165, 1.54) is 6.07 Å². The van der Waals surface area contributed by atoms with Gasteiger partial charge in [0, 0.05) is 5.69 Å². The second kappa shape index (κ2) is 5.10. The fraction of sp³-hybridized carbons (Fsp3) is 0.0769. The molecule has 18 heavy (non-hydrogen) atoms. The van der Waals surface area contributed by atoms with Gasteiger partial charge in [0.05, 0.1) is 5.69 Å². The Labute approximate surface area is 110 Å². The number of hydrogen-bond acceptors (Lipinski definition) is 3. The molecule has 0 aliphatic heterocycles. The highest BCUT2D eigenvalue weighted by Gasteiger charge is 2.02. The Morgan fingerprint density at radius 1 is 1.33 bits per heavy atom. The lowest BCUT2D eigenvalue weighted by Gasteiger charge is -2.07. The van der Waals surface area contributed by atoms with E-state index < -0.39 is 0 Å². The third kappa shape index (κ3) is 2.81. The van der Waals surface area contributed by atoms with Crippen LogP contribution in [0.2, 0.25) is 0 Å². The van der Waals surface area contributed by atoms with Gasteiger partial charge in [-0.3, -0.25) is 0 Å². The molecule has 3 N–H and O–H groups in total. The number of thiocarbonyl (C=S) groups is 1. The lowest BCUT2D eigenvalue weighted by molar-refractivity contribution is 0.619. The molecule has 3 nitrogen and oxygen atoms in total. The van der Waals surface area contributed by atoms with Crippen LogP contribution in [0.25, 0.3) is 0 Å². The molecule has 0 saturated carbocycles. The van der Waals surface area contributed by atoms with E-state index >= 15 is 0 Å². The summed E-state index contributed by atoms with van der Waals surface area (Å²) in [6.07, 6.45) is 0. The number of anilines is 2. The van der Waals surface area contributed by atoms with Crippen molar-refractivity contribution >= 4 is 28.7 Å². The number of nitrogens with two attached hydrogens (primary N) is 1. The average molecular weight is 261 g/mol. The Balaban J connectivity index is 2.25. The van der Waals surface area contributed by atoms with Crippen LogP contribution in [-0.4, -0.2) is 9.97 Å². The summed E-state index contributed by atoms with van der Waals surface area (Å²) in [5.74, 6) is 0.314. The number of benzene rings is 1. The first-order chi connectivity index (χ1) is 8.56. The molecule has 0 aliphatic carbocycles. The largest absolute Gasteiger partial charge is 0.388 e. The second-order valence-corrected chi connectivity index (χ2v) is 4.30. The third-order valence-electron chi connectivity index (χ3n) is 2.45. The molecule has 1 heterocycles. The van der Waals surface area contributed by atoms with Crippen molar-refractivity contribution in [3.8, 4) is 0 Å². The van der Waals surface area contributed by atoms with Crippen LogP contribution in [0, 0.1) is 12.7 Å². The van der Waals surface area contributed by atoms with Crippen molar-refractivity contribution in [2.75, 3.05) is 5.32 Å². The first kappa shape index (κ1) is 12.4. The number of nitrogens with zero attached hydrogens (tertiary/aromatic N) is 1. The van der Waals surface area contributed by atoms with Crippen molar-refractivity contribution < 1.29 is 4.39 Å². The van der Waals surface area contributed by atoms with Gasteiger partial charge < -0.3 is 11.1 Å². The zero-order valence-corrected chi connectivity index (χ0v) is 10.6. The van der Waals surface area contributed by atoms with Crippen molar-refractivity contribution in [2.24, 2.45) is 5.73 Å². The summed E-state index contributed by atoms with van der Waals surface area (Å²) in [6, 6.07) is 10.2. The van der Waals surface area contributed by atoms with Gasteiger partial charge in [0.1, 0.15) is 16.6 Å². The van der Waals surface area contributed by atoms with Crippen molar-refractivity contribution in [3.05, 3.63) is 53.5 Å². The first-order valence-corrected chi connectivity index (χ1v) is 5.77. The monoisotopic (exact) mass is 261 g/mol. The molecule has 0 aliphatic rings. The predicted octanol–water partition coefficient (Wildman–Crippen LogP) is 2.91. The lowest BCUT2D eigenvalue weighted by atomic mass is 10.2. The normalized spacial score (nSPS) is 10.1. The summed E-state index contributed by atoms with van der Waals surface area (Å²) in [4.78, 5) is 4.45. The second-order valence-electron chi connectivity index (χ2n) is 3.86. The summed E-state index contributed by atoms with van der Waals surface area (Å²) in [5.41, 5.74) is 7.26. The SMILES string of the molecule is Cc1ccc(Nc2cccc(C(N)=S)n2)cc1F. The topological polar surface area (TPSA) is 50.9 Å². The van der Waals surface area contributed by atoms with Gasteiger partial charge in [0.2, 0.25) is 0 Å². The van der Waals surface area contributed by atoms with E-state index in [9.17, 15) is 4.39 Å². The van der Waals surface area contributed by atoms with Gasteiger partial charge >= 0.3 is 0 Å². The van der Waals surface area contributed by atoms with Gasteiger partial charge in [-0.05, 0) is 36.8 Å². The van der Waals surface area contributed by atoms with Crippen LogP contribution in [0.4, 0.5) is 15.9 Å². The highest BCUT2D eigenvalue weighted by atomic mass is 32.1. The lowest BCUT2D eigenvalue weighted by Crippen LogP contribution is -2.12. The molecule has 0 radical (unpaired) electrons. The molecule has 0 spiro atoms. The summed E-state index contributed by atoms with van der Waals surface area (Å²) in [7, 11) is 0. The number of aromatic nitrogens is 1. The Kier molecular flexibility index (Phi) is 3.53. The molecule has 0 amide bonds. The summed E-state index contributed by atoms with van der Waals surface area (Å²) < 4.78 is 13.4. The molecule has 2 rings (SSSR count). The number of halogens is 1. The van der Waals surface area contributed by atoms with Gasteiger partial charge in [0.25, 0.3) is 0 Å². The van der Waals surface area contributed by atoms with Gasteiger partial charge in [-0.1, -0.05) is 24.4 Å². The van der Waals surface area contributed by atoms with Gasteiger partial charge in [-0.2, -0.15) is 0 Å². The van der Waals surface area contributed by atoms with Gasteiger partial charge in [-0.25, -0.2) is 9.37 Å². The predicted molar refractivity (Wildman–Crippen MR) is 74.5 cm³/mol. The van der Waals surface area contributed by atoms with Crippen LogP contribution in [0.3, 0.4) is 0 Å². The number of hydrogen-bond donors (Lipinski definition) is 2. The zero-order chi connectivity index (χ0) is 13.1. The Hall–Kier alpha value is -2.01. The minimum Gasteiger partial charge on any atom is -0.388 e. The van der Waals surface area contributed by atoms with E-state index in [1.54, 1.807) is 37.3 Å². The van der Waals surface area contributed by atoms with Crippen LogP contribution < -0.4 is 11.1 Å². The number of nitrogens with one attached hydrogen (secondary N) is 1. The van der Waals surface area contributed by atoms with Crippen molar-refractivity contribution in [2.45, 2.75) is 6.92 Å².